The Morgan fingerprint density at radius 1 is 1.19 bits per heavy atom. The van der Waals surface area contributed by atoms with Crippen LogP contribution in [0.3, 0.4) is 0 Å². The van der Waals surface area contributed by atoms with Crippen LogP contribution in [0.2, 0.25) is 0 Å². The highest BCUT2D eigenvalue weighted by molar-refractivity contribution is 7.91. The molecule has 142 valence electrons. The zero-order chi connectivity index (χ0) is 19.3. The van der Waals surface area contributed by atoms with Gasteiger partial charge in [0.25, 0.3) is 10.0 Å². The smallest absolute Gasteiger partial charge is 0.270 e. The molecular weight excluding hydrogens is 376 g/mol. The van der Waals surface area contributed by atoms with Gasteiger partial charge in [0.05, 0.1) is 6.04 Å². The number of hydrogen-bond donors (Lipinski definition) is 2. The molecule has 0 aliphatic carbocycles. The lowest BCUT2D eigenvalue weighted by Gasteiger charge is -2.14. The molecule has 2 aromatic rings. The molecule has 1 aromatic heterocycles. The Kier molecular flexibility index (Phi) is 6.68. The van der Waals surface area contributed by atoms with Crippen LogP contribution in [0.1, 0.15) is 26.3 Å². The fourth-order valence-corrected chi connectivity index (χ4v) is 3.97. The van der Waals surface area contributed by atoms with Crippen LogP contribution in [0, 0.1) is 12.8 Å². The first kappa shape index (κ1) is 20.3. The van der Waals surface area contributed by atoms with Crippen LogP contribution in [0.15, 0.2) is 28.6 Å². The van der Waals surface area contributed by atoms with E-state index in [2.05, 4.69) is 20.2 Å². The van der Waals surface area contributed by atoms with Crippen molar-refractivity contribution < 1.29 is 17.9 Å². The molecule has 0 spiro atoms. The number of amides is 1. The molecular formula is C16H22N4O4S2. The Hall–Kier alpha value is -2.04. The van der Waals surface area contributed by atoms with Crippen molar-refractivity contribution in [2.24, 2.45) is 5.92 Å². The number of benzene rings is 1. The first-order chi connectivity index (χ1) is 12.2. The highest BCUT2D eigenvalue weighted by Crippen LogP contribution is 2.20. The average Bonchev–Trinajstić information content (AvgIpc) is 3.03. The van der Waals surface area contributed by atoms with E-state index >= 15 is 0 Å². The van der Waals surface area contributed by atoms with Gasteiger partial charge in [-0.25, -0.2) is 13.1 Å². The number of aryl methyl sites for hydroxylation is 1. The number of sulfonamides is 1. The number of ether oxygens (including phenoxy) is 1. The van der Waals surface area contributed by atoms with Crippen molar-refractivity contribution in [1.82, 2.24) is 14.9 Å². The summed E-state index contributed by atoms with van der Waals surface area (Å²) >= 11 is 0.798. The minimum atomic E-state index is -3.84. The van der Waals surface area contributed by atoms with Crippen LogP contribution < -0.4 is 14.8 Å². The minimum absolute atomic E-state index is 0.146. The Morgan fingerprint density at radius 3 is 2.46 bits per heavy atom. The molecule has 0 radical (unpaired) electrons. The quantitative estimate of drug-likeness (QED) is 0.660. The van der Waals surface area contributed by atoms with Gasteiger partial charge >= 0.3 is 0 Å². The van der Waals surface area contributed by atoms with Gasteiger partial charge in [0.15, 0.2) is 0 Å². The molecule has 8 nitrogen and oxygen atoms in total. The van der Waals surface area contributed by atoms with Crippen molar-refractivity contribution in [1.29, 1.82) is 0 Å². The Balaban J connectivity index is 1.93. The lowest BCUT2D eigenvalue weighted by molar-refractivity contribution is -0.118. The van der Waals surface area contributed by atoms with Gasteiger partial charge in [-0.2, -0.15) is 0 Å². The van der Waals surface area contributed by atoms with E-state index in [9.17, 15) is 13.2 Å². The van der Waals surface area contributed by atoms with Gasteiger partial charge < -0.3 is 10.1 Å². The van der Waals surface area contributed by atoms with Gasteiger partial charge in [0.2, 0.25) is 15.4 Å². The van der Waals surface area contributed by atoms with E-state index in [1.807, 2.05) is 31.2 Å². The molecule has 1 aromatic carbocycles. The molecule has 10 heteroatoms. The fourth-order valence-electron chi connectivity index (χ4n) is 1.82. The largest absolute Gasteiger partial charge is 0.492 e. The van der Waals surface area contributed by atoms with Crippen LogP contribution in [0.5, 0.6) is 5.75 Å². The Morgan fingerprint density at radius 2 is 1.85 bits per heavy atom. The molecule has 0 aliphatic rings. The Bertz CT molecular complexity index is 847. The SMILES string of the molecule is Cc1ccc(OC[C@H](C)NS(=O)(=O)c2nnc(NC(=O)C(C)C)s2)cc1. The number of carbonyl (C=O) groups excluding carboxylic acids is 1. The van der Waals surface area contributed by atoms with E-state index in [0.717, 1.165) is 16.9 Å². The van der Waals surface area contributed by atoms with Crippen molar-refractivity contribution in [2.75, 3.05) is 11.9 Å². The molecule has 1 atom stereocenters. The van der Waals surface area contributed by atoms with Crippen molar-refractivity contribution in [3.63, 3.8) is 0 Å². The summed E-state index contributed by atoms with van der Waals surface area (Å²) in [5, 5.41) is 10.0. The predicted octanol–water partition coefficient (Wildman–Crippen LogP) is 2.19. The molecule has 0 saturated carbocycles. The van der Waals surface area contributed by atoms with Crippen molar-refractivity contribution in [2.45, 2.75) is 38.1 Å². The maximum absolute atomic E-state index is 12.4. The third-order valence-corrected chi connectivity index (χ3v) is 6.06. The zero-order valence-electron chi connectivity index (χ0n) is 15.0. The molecule has 2 N–H and O–H groups in total. The molecule has 1 heterocycles. The van der Waals surface area contributed by atoms with Gasteiger partial charge in [-0.1, -0.05) is 42.9 Å². The molecule has 0 saturated heterocycles. The summed E-state index contributed by atoms with van der Waals surface area (Å²) in [5.74, 6) is 0.171. The first-order valence-electron chi connectivity index (χ1n) is 8.03. The normalized spacial score (nSPS) is 12.8. The standard InChI is InChI=1S/C16H22N4O4S2/c1-10(2)14(21)17-15-18-19-16(25-15)26(22,23)20-12(4)9-24-13-7-5-11(3)6-8-13/h5-8,10,12,20H,9H2,1-4H3,(H,17,18,21)/t12-/m0/s1. The van der Waals surface area contributed by atoms with E-state index in [0.29, 0.717) is 5.75 Å². The second-order valence-electron chi connectivity index (χ2n) is 6.16. The second kappa shape index (κ2) is 8.56. The van der Waals surface area contributed by atoms with Gasteiger partial charge in [-0.15, -0.1) is 10.2 Å². The van der Waals surface area contributed by atoms with Crippen LogP contribution in [0.25, 0.3) is 0 Å². The van der Waals surface area contributed by atoms with Crippen LogP contribution in [-0.4, -0.2) is 37.2 Å². The summed E-state index contributed by atoms with van der Waals surface area (Å²) in [6, 6.07) is 7.01. The molecule has 0 unspecified atom stereocenters. The predicted molar refractivity (Wildman–Crippen MR) is 99.8 cm³/mol. The van der Waals surface area contributed by atoms with Gasteiger partial charge in [-0.3, -0.25) is 4.79 Å². The van der Waals surface area contributed by atoms with Gasteiger partial charge in [0, 0.05) is 5.92 Å². The summed E-state index contributed by atoms with van der Waals surface area (Å²) < 4.78 is 32.6. The lowest BCUT2D eigenvalue weighted by atomic mass is 10.2. The number of nitrogens with one attached hydrogen (secondary N) is 2. The number of nitrogens with zero attached hydrogens (tertiary/aromatic N) is 2. The number of hydrogen-bond acceptors (Lipinski definition) is 7. The second-order valence-corrected chi connectivity index (χ2v) is 9.03. The summed E-state index contributed by atoms with van der Waals surface area (Å²) in [6.07, 6.45) is 0. The van der Waals surface area contributed by atoms with E-state index < -0.39 is 16.1 Å². The molecule has 0 fully saturated rings. The number of carbonyl (C=O) groups is 1. The van der Waals surface area contributed by atoms with Gasteiger partial charge in [-0.05, 0) is 26.0 Å². The number of anilines is 1. The van der Waals surface area contributed by atoms with E-state index in [-0.39, 0.29) is 27.9 Å². The highest BCUT2D eigenvalue weighted by atomic mass is 32.2. The fraction of sp³-hybridized carbons (Fsp3) is 0.438. The van der Waals surface area contributed by atoms with E-state index in [1.165, 1.54) is 0 Å². The Labute approximate surface area is 157 Å². The number of aromatic nitrogens is 2. The summed E-state index contributed by atoms with van der Waals surface area (Å²) in [5.41, 5.74) is 1.11. The van der Waals surface area contributed by atoms with Crippen molar-refractivity contribution in [3.8, 4) is 5.75 Å². The molecule has 0 aliphatic heterocycles. The zero-order valence-corrected chi connectivity index (χ0v) is 16.6. The third kappa shape index (κ3) is 5.75. The maximum Gasteiger partial charge on any atom is 0.270 e. The molecule has 1 amide bonds. The highest BCUT2D eigenvalue weighted by Gasteiger charge is 2.23. The maximum atomic E-state index is 12.4. The van der Waals surface area contributed by atoms with E-state index in [4.69, 9.17) is 4.74 Å². The van der Waals surface area contributed by atoms with Gasteiger partial charge in [0.1, 0.15) is 12.4 Å². The third-order valence-electron chi connectivity index (χ3n) is 3.27. The topological polar surface area (TPSA) is 110 Å². The van der Waals surface area contributed by atoms with Crippen LogP contribution >= 0.6 is 11.3 Å². The number of rotatable bonds is 8. The average molecular weight is 399 g/mol. The van der Waals surface area contributed by atoms with Crippen LogP contribution in [0.4, 0.5) is 5.13 Å². The van der Waals surface area contributed by atoms with Crippen molar-refractivity contribution >= 4 is 32.4 Å². The molecule has 0 bridgehead atoms. The molecule has 2 rings (SSSR count). The van der Waals surface area contributed by atoms with Crippen molar-refractivity contribution in [3.05, 3.63) is 29.8 Å². The summed E-state index contributed by atoms with van der Waals surface area (Å²) in [7, 11) is -3.84. The first-order valence-corrected chi connectivity index (χ1v) is 10.3. The minimum Gasteiger partial charge on any atom is -0.492 e. The lowest BCUT2D eigenvalue weighted by Crippen LogP contribution is -2.36. The summed E-state index contributed by atoms with van der Waals surface area (Å²) in [6.45, 7) is 7.28. The summed E-state index contributed by atoms with van der Waals surface area (Å²) in [4.78, 5) is 11.6. The van der Waals surface area contributed by atoms with Crippen LogP contribution in [-0.2, 0) is 14.8 Å². The monoisotopic (exact) mass is 398 g/mol. The molecule has 26 heavy (non-hydrogen) atoms. The van der Waals surface area contributed by atoms with E-state index in [1.54, 1.807) is 20.8 Å².